The fraction of sp³-hybridized carbons (Fsp3) is 0.333. The van der Waals surface area contributed by atoms with E-state index in [0.717, 1.165) is 48.6 Å². The standard InChI is InChI=1S/C27H31Cl2N7O2S/c1-5-36(6-2)10-9-30-13-17-7-8-31-20(12-17)34-26-25-23(32-15-33-26)18(14-39-25)27(37)35-24-21(28)16(3)11-19(38-4)22(24)29/h7-8,11-12,14-15,30H,5-6,9-10,13H2,1-4H3,(H,35,37)(H,31,32,33,34). The van der Waals surface area contributed by atoms with Gasteiger partial charge in [-0.3, -0.25) is 4.79 Å². The van der Waals surface area contributed by atoms with Crippen molar-refractivity contribution in [2.75, 3.05) is 43.9 Å². The zero-order chi connectivity index (χ0) is 27.9. The highest BCUT2D eigenvalue weighted by atomic mass is 35.5. The predicted octanol–water partition coefficient (Wildman–Crippen LogP) is 6.14. The molecule has 0 aliphatic heterocycles. The number of hydrogen-bond acceptors (Lipinski definition) is 9. The molecule has 0 saturated carbocycles. The summed E-state index contributed by atoms with van der Waals surface area (Å²) in [5, 5.41) is 11.9. The van der Waals surface area contributed by atoms with Gasteiger partial charge in [0.05, 0.1) is 33.6 Å². The van der Waals surface area contributed by atoms with Crippen LogP contribution >= 0.6 is 34.5 Å². The van der Waals surface area contributed by atoms with Crippen LogP contribution in [0.4, 0.5) is 17.3 Å². The van der Waals surface area contributed by atoms with Crippen LogP contribution in [0.1, 0.15) is 35.3 Å². The fourth-order valence-corrected chi connectivity index (χ4v) is 5.53. The average Bonchev–Trinajstić information content (AvgIpc) is 3.39. The third kappa shape index (κ3) is 6.77. The second-order valence-electron chi connectivity index (χ2n) is 8.78. The van der Waals surface area contributed by atoms with Gasteiger partial charge in [0.15, 0.2) is 5.82 Å². The molecule has 3 heterocycles. The van der Waals surface area contributed by atoms with Crippen molar-refractivity contribution in [1.82, 2.24) is 25.2 Å². The van der Waals surface area contributed by atoms with Gasteiger partial charge in [0.1, 0.15) is 22.9 Å². The van der Waals surface area contributed by atoms with E-state index in [2.05, 4.69) is 49.6 Å². The van der Waals surface area contributed by atoms with Gasteiger partial charge in [-0.15, -0.1) is 11.3 Å². The Bertz CT molecular complexity index is 1460. The number of nitrogens with one attached hydrogen (secondary N) is 3. The van der Waals surface area contributed by atoms with Crippen LogP contribution in [0, 0.1) is 6.92 Å². The van der Waals surface area contributed by atoms with Gasteiger partial charge in [0.2, 0.25) is 0 Å². The van der Waals surface area contributed by atoms with Gasteiger partial charge in [-0.1, -0.05) is 37.0 Å². The first-order valence-electron chi connectivity index (χ1n) is 12.6. The van der Waals surface area contributed by atoms with E-state index < -0.39 is 5.91 Å². The Morgan fingerprint density at radius 3 is 2.67 bits per heavy atom. The van der Waals surface area contributed by atoms with Crippen LogP contribution in [0.3, 0.4) is 0 Å². The molecular formula is C27H31Cl2N7O2S. The molecule has 4 aromatic rings. The first-order chi connectivity index (χ1) is 18.9. The number of ether oxygens (including phenoxy) is 1. The number of benzene rings is 1. The van der Waals surface area contributed by atoms with Crippen molar-refractivity contribution in [3.8, 4) is 5.75 Å². The lowest BCUT2D eigenvalue weighted by molar-refractivity contribution is 0.102. The Morgan fingerprint density at radius 2 is 1.92 bits per heavy atom. The number of carbonyl (C=O) groups is 1. The van der Waals surface area contributed by atoms with Crippen molar-refractivity contribution in [3.05, 3.63) is 62.8 Å². The SMILES string of the molecule is CCN(CC)CCNCc1ccnc(Nc2ncnc3c(C(=O)Nc4c(Cl)c(C)cc(OC)c4Cl)csc23)c1. The van der Waals surface area contributed by atoms with Crippen LogP contribution in [0.2, 0.25) is 10.0 Å². The molecular weight excluding hydrogens is 557 g/mol. The van der Waals surface area contributed by atoms with E-state index in [1.807, 2.05) is 19.1 Å². The maximum atomic E-state index is 13.3. The Balaban J connectivity index is 1.50. The summed E-state index contributed by atoms with van der Waals surface area (Å²) in [7, 11) is 1.51. The molecule has 4 rings (SSSR count). The lowest BCUT2D eigenvalue weighted by atomic mass is 10.2. The lowest BCUT2D eigenvalue weighted by Crippen LogP contribution is -2.31. The summed E-state index contributed by atoms with van der Waals surface area (Å²) in [6.45, 7) is 10.9. The molecule has 0 bridgehead atoms. The topological polar surface area (TPSA) is 104 Å². The Labute approximate surface area is 241 Å². The molecule has 206 valence electrons. The maximum Gasteiger partial charge on any atom is 0.258 e. The Morgan fingerprint density at radius 1 is 1.13 bits per heavy atom. The monoisotopic (exact) mass is 587 g/mol. The smallest absolute Gasteiger partial charge is 0.258 e. The van der Waals surface area contributed by atoms with E-state index >= 15 is 0 Å². The molecule has 12 heteroatoms. The number of aromatic nitrogens is 3. The molecule has 3 aromatic heterocycles. The summed E-state index contributed by atoms with van der Waals surface area (Å²) >= 11 is 14.2. The van der Waals surface area contributed by atoms with Gasteiger partial charge in [-0.2, -0.15) is 0 Å². The average molecular weight is 589 g/mol. The molecule has 1 aromatic carbocycles. The minimum atomic E-state index is -0.390. The number of amides is 1. The number of aryl methyl sites for hydroxylation is 1. The van der Waals surface area contributed by atoms with E-state index in [0.29, 0.717) is 39.2 Å². The molecule has 0 spiro atoms. The van der Waals surface area contributed by atoms with Crippen molar-refractivity contribution in [2.24, 2.45) is 0 Å². The number of pyridine rings is 1. The Kier molecular flexibility index (Phi) is 9.93. The molecule has 0 aliphatic carbocycles. The summed E-state index contributed by atoms with van der Waals surface area (Å²) in [4.78, 5) is 28.9. The summed E-state index contributed by atoms with van der Waals surface area (Å²) in [5.41, 5.74) is 3.01. The fourth-order valence-electron chi connectivity index (χ4n) is 4.06. The molecule has 39 heavy (non-hydrogen) atoms. The van der Waals surface area contributed by atoms with Gasteiger partial charge >= 0.3 is 0 Å². The molecule has 3 N–H and O–H groups in total. The lowest BCUT2D eigenvalue weighted by Gasteiger charge is -2.18. The van der Waals surface area contributed by atoms with Gasteiger partial charge < -0.3 is 25.6 Å². The number of halogens is 2. The molecule has 0 aliphatic rings. The third-order valence-corrected chi connectivity index (χ3v) is 8.14. The van der Waals surface area contributed by atoms with Crippen LogP contribution in [0.5, 0.6) is 5.75 Å². The van der Waals surface area contributed by atoms with E-state index in [1.165, 1.54) is 24.8 Å². The molecule has 0 unspecified atom stereocenters. The van der Waals surface area contributed by atoms with Crippen LogP contribution in [-0.4, -0.2) is 59.0 Å². The van der Waals surface area contributed by atoms with Crippen LogP contribution < -0.4 is 20.7 Å². The molecule has 0 radical (unpaired) electrons. The first-order valence-corrected chi connectivity index (χ1v) is 14.2. The first kappa shape index (κ1) is 29.0. The minimum absolute atomic E-state index is 0.228. The molecule has 9 nitrogen and oxygen atoms in total. The largest absolute Gasteiger partial charge is 0.495 e. The molecule has 1 amide bonds. The number of likely N-dealkylation sites (N-methyl/N-ethyl adjacent to an activating group) is 1. The van der Waals surface area contributed by atoms with Gasteiger partial charge in [0, 0.05) is 31.2 Å². The number of hydrogen-bond donors (Lipinski definition) is 3. The van der Waals surface area contributed by atoms with E-state index in [9.17, 15) is 4.79 Å². The summed E-state index contributed by atoms with van der Waals surface area (Å²) in [6, 6.07) is 5.68. The van der Waals surface area contributed by atoms with Gasteiger partial charge in [-0.25, -0.2) is 15.0 Å². The van der Waals surface area contributed by atoms with Crippen molar-refractivity contribution in [3.63, 3.8) is 0 Å². The van der Waals surface area contributed by atoms with Crippen molar-refractivity contribution in [2.45, 2.75) is 27.3 Å². The normalized spacial score (nSPS) is 11.3. The maximum absolute atomic E-state index is 13.3. The van der Waals surface area contributed by atoms with Crippen LogP contribution in [0.25, 0.3) is 10.2 Å². The second-order valence-corrected chi connectivity index (χ2v) is 10.4. The third-order valence-electron chi connectivity index (χ3n) is 6.30. The highest BCUT2D eigenvalue weighted by molar-refractivity contribution is 7.18. The predicted molar refractivity (Wildman–Crippen MR) is 160 cm³/mol. The molecule has 0 fully saturated rings. The van der Waals surface area contributed by atoms with Crippen molar-refractivity contribution < 1.29 is 9.53 Å². The summed E-state index contributed by atoms with van der Waals surface area (Å²) in [6.07, 6.45) is 3.18. The van der Waals surface area contributed by atoms with Gasteiger partial charge in [-0.05, 0) is 49.3 Å². The number of anilines is 3. The number of thiophene rings is 1. The summed E-state index contributed by atoms with van der Waals surface area (Å²) in [5.74, 6) is 1.25. The zero-order valence-corrected chi connectivity index (χ0v) is 24.6. The number of nitrogens with zero attached hydrogens (tertiary/aromatic N) is 4. The van der Waals surface area contributed by atoms with E-state index in [4.69, 9.17) is 27.9 Å². The zero-order valence-electron chi connectivity index (χ0n) is 22.3. The van der Waals surface area contributed by atoms with Crippen molar-refractivity contribution >= 4 is 68.0 Å². The summed E-state index contributed by atoms with van der Waals surface area (Å²) < 4.78 is 6.04. The molecule has 0 atom stereocenters. The number of methoxy groups -OCH3 is 1. The van der Waals surface area contributed by atoms with E-state index in [1.54, 1.807) is 17.6 Å². The van der Waals surface area contributed by atoms with E-state index in [-0.39, 0.29) is 5.02 Å². The molecule has 0 saturated heterocycles. The number of rotatable bonds is 12. The number of fused-ring (bicyclic) bond motifs is 1. The minimum Gasteiger partial charge on any atom is -0.495 e. The second kappa shape index (κ2) is 13.4. The highest BCUT2D eigenvalue weighted by Gasteiger charge is 2.21. The highest BCUT2D eigenvalue weighted by Crippen LogP contribution is 2.41. The quantitative estimate of drug-likeness (QED) is 0.170. The van der Waals surface area contributed by atoms with Gasteiger partial charge in [0.25, 0.3) is 5.91 Å². The Hall–Kier alpha value is -3.02. The van der Waals surface area contributed by atoms with Crippen LogP contribution in [-0.2, 0) is 6.54 Å². The number of carbonyl (C=O) groups excluding carboxylic acids is 1. The van der Waals surface area contributed by atoms with Crippen molar-refractivity contribution in [1.29, 1.82) is 0 Å². The van der Waals surface area contributed by atoms with Crippen LogP contribution in [0.15, 0.2) is 36.1 Å².